The van der Waals surface area contributed by atoms with Crippen molar-refractivity contribution in [2.24, 2.45) is 5.14 Å². The Morgan fingerprint density at radius 1 is 1.41 bits per heavy atom. The molecule has 2 N–H and O–H groups in total. The summed E-state index contributed by atoms with van der Waals surface area (Å²) in [5.41, 5.74) is 0. The van der Waals surface area contributed by atoms with E-state index < -0.39 is 10.0 Å². The number of likely N-dealkylation sites (tertiary alicyclic amines) is 1. The number of carbonyl (C=O) groups is 1. The Morgan fingerprint density at radius 3 is 2.47 bits per heavy atom. The van der Waals surface area contributed by atoms with Gasteiger partial charge in [0.1, 0.15) is 0 Å². The van der Waals surface area contributed by atoms with Crippen LogP contribution < -0.4 is 5.14 Å². The molecule has 0 bridgehead atoms. The van der Waals surface area contributed by atoms with Gasteiger partial charge >= 0.3 is 0 Å². The minimum atomic E-state index is -3.73. The van der Waals surface area contributed by atoms with Crippen molar-refractivity contribution in [3.05, 3.63) is 15.8 Å². The fraction of sp³-hybridized carbons (Fsp3) is 0.500. The molecule has 94 valence electrons. The van der Waals surface area contributed by atoms with Crippen LogP contribution in [0.4, 0.5) is 0 Å². The molecule has 2 heterocycles. The minimum absolute atomic E-state index is 0.0602. The summed E-state index contributed by atoms with van der Waals surface area (Å²) in [7, 11) is -3.73. The fourth-order valence-electron chi connectivity index (χ4n) is 1.93. The average molecular weight is 274 g/mol. The molecule has 1 aromatic rings. The van der Waals surface area contributed by atoms with Gasteiger partial charge in [0, 0.05) is 18.0 Å². The second kappa shape index (κ2) is 4.40. The lowest BCUT2D eigenvalue weighted by atomic mass is 10.4. The van der Waals surface area contributed by atoms with Gasteiger partial charge in [0.2, 0.25) is 10.0 Å². The number of sulfonamides is 1. The van der Waals surface area contributed by atoms with Crippen LogP contribution >= 0.6 is 11.3 Å². The van der Waals surface area contributed by atoms with Crippen LogP contribution in [0.1, 0.15) is 27.4 Å². The lowest BCUT2D eigenvalue weighted by Crippen LogP contribution is -2.26. The molecular formula is C10H14N2O3S2. The molecule has 0 radical (unpaired) electrons. The summed E-state index contributed by atoms with van der Waals surface area (Å²) in [4.78, 5) is 14.9. The van der Waals surface area contributed by atoms with Gasteiger partial charge in [-0.2, -0.15) is 0 Å². The molecule has 17 heavy (non-hydrogen) atoms. The maximum Gasteiger partial charge on any atom is 0.263 e. The first-order chi connectivity index (χ1) is 7.89. The van der Waals surface area contributed by atoms with Crippen LogP contribution in [0.3, 0.4) is 0 Å². The number of primary sulfonamides is 1. The number of hydrogen-bond donors (Lipinski definition) is 1. The Hall–Kier alpha value is -0.920. The molecule has 1 fully saturated rings. The Bertz CT molecular complexity index is 542. The van der Waals surface area contributed by atoms with Crippen LogP contribution in [0.2, 0.25) is 0 Å². The maximum absolute atomic E-state index is 12.0. The van der Waals surface area contributed by atoms with E-state index in [1.807, 2.05) is 0 Å². The van der Waals surface area contributed by atoms with Gasteiger partial charge in [-0.3, -0.25) is 4.79 Å². The summed E-state index contributed by atoms with van der Waals surface area (Å²) in [6.07, 6.45) is 2.02. The SMILES string of the molecule is Cc1sc(C(=O)N2CCCC2)cc1S(N)(=O)=O. The summed E-state index contributed by atoms with van der Waals surface area (Å²) in [6, 6.07) is 1.38. The highest BCUT2D eigenvalue weighted by Gasteiger charge is 2.24. The van der Waals surface area contributed by atoms with Crippen molar-refractivity contribution < 1.29 is 13.2 Å². The van der Waals surface area contributed by atoms with E-state index in [4.69, 9.17) is 5.14 Å². The van der Waals surface area contributed by atoms with Gasteiger partial charge in [-0.15, -0.1) is 11.3 Å². The van der Waals surface area contributed by atoms with E-state index in [2.05, 4.69) is 0 Å². The second-order valence-electron chi connectivity index (χ2n) is 4.08. The fourth-order valence-corrected chi connectivity index (χ4v) is 4.04. The van der Waals surface area contributed by atoms with E-state index in [0.29, 0.717) is 9.75 Å². The van der Waals surface area contributed by atoms with Crippen molar-refractivity contribution in [2.45, 2.75) is 24.7 Å². The third-order valence-electron chi connectivity index (χ3n) is 2.78. The van der Waals surface area contributed by atoms with Crippen LogP contribution in [0.5, 0.6) is 0 Å². The molecule has 7 heteroatoms. The number of thiophene rings is 1. The summed E-state index contributed by atoms with van der Waals surface area (Å²) in [5.74, 6) is -0.0921. The Morgan fingerprint density at radius 2 is 2.00 bits per heavy atom. The molecule has 2 rings (SSSR count). The predicted molar refractivity (Wildman–Crippen MR) is 65.6 cm³/mol. The van der Waals surface area contributed by atoms with Crippen LogP contribution in [-0.2, 0) is 10.0 Å². The van der Waals surface area contributed by atoms with Gasteiger partial charge in [0.05, 0.1) is 9.77 Å². The summed E-state index contributed by atoms with van der Waals surface area (Å²) >= 11 is 1.19. The zero-order valence-corrected chi connectivity index (χ0v) is 11.1. The van der Waals surface area contributed by atoms with Gasteiger partial charge in [-0.05, 0) is 25.8 Å². The molecule has 0 spiro atoms. The third-order valence-corrected chi connectivity index (χ3v) is 4.99. The van der Waals surface area contributed by atoms with Crippen molar-refractivity contribution >= 4 is 27.3 Å². The molecule has 1 aliphatic rings. The molecule has 1 aliphatic heterocycles. The molecular weight excluding hydrogens is 260 g/mol. The molecule has 5 nitrogen and oxygen atoms in total. The van der Waals surface area contributed by atoms with Crippen molar-refractivity contribution in [3.63, 3.8) is 0 Å². The average Bonchev–Trinajstić information content (AvgIpc) is 2.83. The van der Waals surface area contributed by atoms with Gasteiger partial charge in [-0.25, -0.2) is 13.6 Å². The third kappa shape index (κ3) is 2.51. The molecule has 1 aromatic heterocycles. The quantitative estimate of drug-likeness (QED) is 0.871. The Kier molecular flexibility index (Phi) is 3.24. The van der Waals surface area contributed by atoms with Crippen molar-refractivity contribution in [3.8, 4) is 0 Å². The number of nitrogens with zero attached hydrogens (tertiary/aromatic N) is 1. The molecule has 0 atom stereocenters. The zero-order valence-electron chi connectivity index (χ0n) is 9.47. The van der Waals surface area contributed by atoms with Gasteiger partial charge in [0.15, 0.2) is 0 Å². The van der Waals surface area contributed by atoms with Gasteiger partial charge in [-0.1, -0.05) is 0 Å². The molecule has 1 saturated heterocycles. The van der Waals surface area contributed by atoms with Crippen molar-refractivity contribution in [2.75, 3.05) is 13.1 Å². The Labute approximate surface area is 104 Å². The first kappa shape index (κ1) is 12.5. The first-order valence-electron chi connectivity index (χ1n) is 5.32. The smallest absolute Gasteiger partial charge is 0.263 e. The monoisotopic (exact) mass is 274 g/mol. The zero-order chi connectivity index (χ0) is 12.6. The highest BCUT2D eigenvalue weighted by molar-refractivity contribution is 7.89. The summed E-state index contributed by atoms with van der Waals surface area (Å²) in [5, 5.41) is 5.08. The van der Waals surface area contributed by atoms with Crippen LogP contribution in [0.25, 0.3) is 0 Å². The lowest BCUT2D eigenvalue weighted by molar-refractivity contribution is 0.0797. The largest absolute Gasteiger partial charge is 0.338 e. The number of nitrogens with two attached hydrogens (primary N) is 1. The van der Waals surface area contributed by atoms with E-state index in [-0.39, 0.29) is 10.8 Å². The van der Waals surface area contributed by atoms with E-state index in [1.165, 1.54) is 17.4 Å². The van der Waals surface area contributed by atoms with E-state index in [9.17, 15) is 13.2 Å². The van der Waals surface area contributed by atoms with Gasteiger partial charge in [0.25, 0.3) is 5.91 Å². The van der Waals surface area contributed by atoms with E-state index in [1.54, 1.807) is 11.8 Å². The van der Waals surface area contributed by atoms with Crippen LogP contribution in [-0.4, -0.2) is 32.3 Å². The van der Waals surface area contributed by atoms with Gasteiger partial charge < -0.3 is 4.90 Å². The minimum Gasteiger partial charge on any atom is -0.338 e. The van der Waals surface area contributed by atoms with E-state index in [0.717, 1.165) is 25.9 Å². The van der Waals surface area contributed by atoms with Crippen LogP contribution in [0.15, 0.2) is 11.0 Å². The highest BCUT2D eigenvalue weighted by Crippen LogP contribution is 2.26. The molecule has 0 aromatic carbocycles. The number of aryl methyl sites for hydroxylation is 1. The molecule has 1 amide bonds. The summed E-state index contributed by atoms with van der Waals surface area (Å²) < 4.78 is 22.5. The summed E-state index contributed by atoms with van der Waals surface area (Å²) in [6.45, 7) is 3.16. The van der Waals surface area contributed by atoms with Crippen molar-refractivity contribution in [1.29, 1.82) is 0 Å². The van der Waals surface area contributed by atoms with E-state index >= 15 is 0 Å². The lowest BCUT2D eigenvalue weighted by Gasteiger charge is -2.13. The number of carbonyl (C=O) groups excluding carboxylic acids is 1. The number of amides is 1. The second-order valence-corrected chi connectivity index (χ2v) is 6.86. The molecule has 0 aliphatic carbocycles. The normalized spacial score (nSPS) is 16.5. The number of hydrogen-bond acceptors (Lipinski definition) is 4. The predicted octanol–water partition coefficient (Wildman–Crippen LogP) is 0.940. The van der Waals surface area contributed by atoms with Crippen LogP contribution in [0, 0.1) is 6.92 Å². The molecule has 0 saturated carbocycles. The highest BCUT2D eigenvalue weighted by atomic mass is 32.2. The number of rotatable bonds is 2. The van der Waals surface area contributed by atoms with Crippen molar-refractivity contribution in [1.82, 2.24) is 4.90 Å². The molecule has 0 unspecified atom stereocenters. The maximum atomic E-state index is 12.0. The topological polar surface area (TPSA) is 80.5 Å². The standard InChI is InChI=1S/C10H14N2O3S2/c1-7-9(17(11,14)15)6-8(16-7)10(13)12-4-2-3-5-12/h6H,2-5H2,1H3,(H2,11,14,15). The Balaban J connectivity index is 2.31. The first-order valence-corrected chi connectivity index (χ1v) is 7.68.